The fourth-order valence-electron chi connectivity index (χ4n) is 2.13. The van der Waals surface area contributed by atoms with E-state index in [-0.39, 0.29) is 0 Å². The number of hydrogen-bond acceptors (Lipinski definition) is 3. The molecule has 1 aromatic heterocycles. The average molecular weight is 420 g/mol. The molecule has 1 aliphatic rings. The number of thioether (sulfide) groups is 1. The van der Waals surface area contributed by atoms with Gasteiger partial charge in [-0.1, -0.05) is 20.3 Å². The van der Waals surface area contributed by atoms with Crippen molar-refractivity contribution in [3.8, 4) is 0 Å². The van der Waals surface area contributed by atoms with E-state index in [0.717, 1.165) is 29.5 Å². The molecule has 0 saturated heterocycles. The van der Waals surface area contributed by atoms with Gasteiger partial charge in [0.05, 0.1) is 5.69 Å². The zero-order valence-corrected chi connectivity index (χ0v) is 17.0. The standard InChI is InChI=1S/C18H22N3S.3FH.V/c1-3-13(2)12-15-10-11-19-18(21-15)20-14-4-6-16(7-5-14)22-17-8-9-17;;;;/h4-7,11,13,17H,3,8-9,12H2,1-2H3,(H,19,20,21);3*1H;/q-1;;;;+3/p-3/t13-;;;;/m1..../s1. The maximum atomic E-state index is 9.81. The molecule has 3 rings (SSSR count). The maximum absolute atomic E-state index is 9.81. The van der Waals surface area contributed by atoms with Crippen LogP contribution in [0.3, 0.4) is 0 Å². The van der Waals surface area contributed by atoms with Gasteiger partial charge in [0.1, 0.15) is 0 Å². The minimum absolute atomic E-state index is 0.640. The Kier molecular flexibility index (Phi) is 8.82. The summed E-state index contributed by atoms with van der Waals surface area (Å²) < 4.78 is 29.4. The van der Waals surface area contributed by atoms with Crippen LogP contribution >= 0.6 is 11.8 Å². The van der Waals surface area contributed by atoms with Crippen LogP contribution < -0.4 is 5.62 Å². The van der Waals surface area contributed by atoms with Crippen LogP contribution in [0.25, 0.3) is 0 Å². The molecular formula is C18H22F3N3SV-. The van der Waals surface area contributed by atoms with E-state index in [1.54, 1.807) is 6.20 Å². The number of hydrogen-bond donors (Lipinski definition) is 1. The van der Waals surface area contributed by atoms with E-state index in [4.69, 9.17) is 0 Å². The molecule has 2 aromatic rings. The van der Waals surface area contributed by atoms with Crippen molar-refractivity contribution in [1.29, 1.82) is 0 Å². The summed E-state index contributed by atoms with van der Waals surface area (Å²) in [5.74, 6) is 0.640. The van der Waals surface area contributed by atoms with Crippen LogP contribution in [0, 0.1) is 12.0 Å². The molecule has 0 unspecified atom stereocenters. The van der Waals surface area contributed by atoms with Crippen molar-refractivity contribution >= 4 is 17.4 Å². The number of rotatable bonds is 6. The third-order valence-corrected chi connectivity index (χ3v) is 5.19. The summed E-state index contributed by atoms with van der Waals surface area (Å²) in [5, 5.41) is 0.838. The molecule has 0 spiro atoms. The van der Waals surface area contributed by atoms with Crippen LogP contribution in [0.2, 0.25) is 0 Å². The van der Waals surface area contributed by atoms with Crippen molar-refractivity contribution in [3.05, 3.63) is 47.8 Å². The number of benzene rings is 1. The first kappa shape index (κ1) is 21.1. The minimum atomic E-state index is -4.69. The molecule has 1 atom stereocenters. The molecule has 0 radical (unpaired) electrons. The number of aromatic nitrogens is 2. The summed E-state index contributed by atoms with van der Waals surface area (Å²) >= 11 is -2.72. The van der Waals surface area contributed by atoms with Gasteiger partial charge in [0, 0.05) is 10.1 Å². The van der Waals surface area contributed by atoms with E-state index >= 15 is 0 Å². The summed E-state index contributed by atoms with van der Waals surface area (Å²) in [7, 11) is 0. The topological polar surface area (TPSA) is 41.0 Å². The van der Waals surface area contributed by atoms with Crippen molar-refractivity contribution in [1.82, 2.24) is 9.97 Å². The summed E-state index contributed by atoms with van der Waals surface area (Å²) in [5.41, 5.74) is 2.66. The van der Waals surface area contributed by atoms with E-state index in [1.165, 1.54) is 17.7 Å². The molecule has 0 amide bonds. The zero-order chi connectivity index (χ0) is 18.9. The quantitative estimate of drug-likeness (QED) is 0.623. The van der Waals surface area contributed by atoms with Gasteiger partial charge in [-0.15, -0.1) is 18.0 Å². The molecule has 0 bridgehead atoms. The normalized spacial score (nSPS) is 15.5. The fraction of sp³-hybridized carbons (Fsp3) is 0.444. The summed E-state index contributed by atoms with van der Waals surface area (Å²) in [6, 6.07) is 11.6. The first-order valence-corrected chi connectivity index (χ1v) is 11.0. The van der Waals surface area contributed by atoms with Crippen molar-refractivity contribution in [3.63, 3.8) is 0 Å². The van der Waals surface area contributed by atoms with E-state index in [1.807, 2.05) is 11.8 Å². The Morgan fingerprint density at radius 3 is 2.54 bits per heavy atom. The van der Waals surface area contributed by atoms with E-state index in [9.17, 15) is 10.2 Å². The van der Waals surface area contributed by atoms with Gasteiger partial charge < -0.3 is 11.1 Å². The first-order valence-electron chi connectivity index (χ1n) is 8.51. The first-order chi connectivity index (χ1) is 12.5. The Hall–Kier alpha value is -1.18. The number of nitrogens with zero attached hydrogens (tertiary/aromatic N) is 2. The predicted octanol–water partition coefficient (Wildman–Crippen LogP) is 5.54. The van der Waals surface area contributed by atoms with E-state index in [2.05, 4.69) is 59.1 Å². The van der Waals surface area contributed by atoms with Crippen molar-refractivity contribution in [2.75, 3.05) is 0 Å². The Morgan fingerprint density at radius 1 is 1.31 bits per heavy atom. The monoisotopic (exact) mass is 420 g/mol. The SMILES string of the molecule is CC[C@@H](C)Cc1[c-]cnc(=Nc2ccc(SC3CC3)cc2)[nH]1.[F][V]([F])[F]. The molecule has 1 heterocycles. The molecule has 142 valence electrons. The second kappa shape index (κ2) is 10.8. The summed E-state index contributed by atoms with van der Waals surface area (Å²) in [6.07, 6.45) is 6.57. The Bertz CT molecular complexity index is 730. The van der Waals surface area contributed by atoms with E-state index in [0.29, 0.717) is 11.5 Å². The van der Waals surface area contributed by atoms with Crippen LogP contribution in [0.5, 0.6) is 0 Å². The van der Waals surface area contributed by atoms with Crippen molar-refractivity contribution in [2.45, 2.75) is 49.7 Å². The molecule has 1 saturated carbocycles. The van der Waals surface area contributed by atoms with Gasteiger partial charge in [-0.3, -0.25) is 4.98 Å². The molecule has 1 aromatic carbocycles. The van der Waals surface area contributed by atoms with Crippen molar-refractivity contribution in [2.24, 2.45) is 10.9 Å². The van der Waals surface area contributed by atoms with Crippen LogP contribution in [-0.2, 0) is 23.0 Å². The molecule has 26 heavy (non-hydrogen) atoms. The second-order valence-electron chi connectivity index (χ2n) is 6.16. The molecule has 3 nitrogen and oxygen atoms in total. The second-order valence-corrected chi connectivity index (χ2v) is 8.13. The number of halogens is 3. The predicted molar refractivity (Wildman–Crippen MR) is 94.5 cm³/mol. The zero-order valence-electron chi connectivity index (χ0n) is 14.8. The third kappa shape index (κ3) is 8.47. The van der Waals surface area contributed by atoms with Crippen LogP contribution in [-0.4, -0.2) is 15.2 Å². The molecular weight excluding hydrogens is 398 g/mol. The Balaban J connectivity index is 0.000000552. The number of aromatic amines is 1. The van der Waals surface area contributed by atoms with Crippen molar-refractivity contribution < 1.29 is 26.8 Å². The van der Waals surface area contributed by atoms with Gasteiger partial charge in [0.15, 0.2) is 0 Å². The van der Waals surface area contributed by atoms with Gasteiger partial charge in [0.2, 0.25) is 5.62 Å². The van der Waals surface area contributed by atoms with Gasteiger partial charge >= 0.3 is 26.8 Å². The molecule has 1 fully saturated rings. The number of H-pyrrole nitrogens is 1. The van der Waals surface area contributed by atoms with E-state index < -0.39 is 16.6 Å². The summed E-state index contributed by atoms with van der Waals surface area (Å²) in [6.45, 7) is 4.45. The number of nitrogens with one attached hydrogen (secondary N) is 1. The van der Waals surface area contributed by atoms with Gasteiger partial charge in [0.25, 0.3) is 0 Å². The Morgan fingerprint density at radius 2 is 1.96 bits per heavy atom. The summed E-state index contributed by atoms with van der Waals surface area (Å²) in [4.78, 5) is 13.4. The molecule has 0 aliphatic heterocycles. The van der Waals surface area contributed by atoms with Crippen LogP contribution in [0.1, 0.15) is 38.8 Å². The van der Waals surface area contributed by atoms with Crippen LogP contribution in [0.15, 0.2) is 40.4 Å². The van der Waals surface area contributed by atoms with Crippen LogP contribution in [0.4, 0.5) is 15.9 Å². The third-order valence-electron chi connectivity index (χ3n) is 3.84. The van der Waals surface area contributed by atoms with Gasteiger partial charge in [-0.2, -0.15) is 5.69 Å². The average Bonchev–Trinajstić information content (AvgIpc) is 3.40. The van der Waals surface area contributed by atoms with Gasteiger partial charge in [-0.05, 0) is 49.4 Å². The van der Waals surface area contributed by atoms with Gasteiger partial charge in [-0.25, -0.2) is 4.99 Å². The molecule has 1 N–H and O–H groups in total. The molecule has 1 aliphatic carbocycles. The Labute approximate surface area is 162 Å². The fourth-order valence-corrected chi connectivity index (χ4v) is 3.18. The molecule has 8 heteroatoms.